The fraction of sp³-hybridized carbons (Fsp3) is 0.480. The molecule has 2 saturated heterocycles. The van der Waals surface area contributed by atoms with Gasteiger partial charge in [-0.3, -0.25) is 0 Å². The number of benzene rings is 2. The zero-order chi connectivity index (χ0) is 22.0. The number of rotatable bonds is 4. The van der Waals surface area contributed by atoms with Gasteiger partial charge in [0.2, 0.25) is 0 Å². The second kappa shape index (κ2) is 8.89. The number of carbonyl (C=O) groups is 1. The van der Waals surface area contributed by atoms with Gasteiger partial charge in [-0.1, -0.05) is 29.8 Å². The highest BCUT2D eigenvalue weighted by Gasteiger charge is 2.35. The van der Waals surface area contributed by atoms with Crippen LogP contribution in [0.5, 0.6) is 0 Å². The Morgan fingerprint density at radius 2 is 1.68 bits per heavy atom. The summed E-state index contributed by atoms with van der Waals surface area (Å²) in [5.41, 5.74) is 3.26. The number of aryl methyl sites for hydroxylation is 1. The van der Waals surface area contributed by atoms with E-state index in [1.54, 1.807) is 4.90 Å². The van der Waals surface area contributed by atoms with Gasteiger partial charge in [0.1, 0.15) is 0 Å². The SMILES string of the molecule is Cc1ccc(C2(O)CCN(C(=O)Nc3ccc(N4CCC(N(C)C)C4)cc3)CC2)cc1. The van der Waals surface area contributed by atoms with Crippen molar-refractivity contribution >= 4 is 17.4 Å². The van der Waals surface area contributed by atoms with Crippen LogP contribution in [0.3, 0.4) is 0 Å². The lowest BCUT2D eigenvalue weighted by Crippen LogP contribution is -2.46. The molecule has 2 aromatic rings. The van der Waals surface area contributed by atoms with Crippen LogP contribution in [0, 0.1) is 6.92 Å². The normalized spacial score (nSPS) is 20.9. The van der Waals surface area contributed by atoms with Crippen molar-refractivity contribution in [3.8, 4) is 0 Å². The molecule has 6 nitrogen and oxygen atoms in total. The van der Waals surface area contributed by atoms with E-state index in [9.17, 15) is 9.90 Å². The molecule has 0 radical (unpaired) electrons. The van der Waals surface area contributed by atoms with Gasteiger partial charge in [-0.2, -0.15) is 0 Å². The van der Waals surface area contributed by atoms with Gasteiger partial charge in [0.25, 0.3) is 0 Å². The van der Waals surface area contributed by atoms with E-state index < -0.39 is 5.60 Å². The maximum atomic E-state index is 12.7. The van der Waals surface area contributed by atoms with E-state index >= 15 is 0 Å². The van der Waals surface area contributed by atoms with Crippen molar-refractivity contribution in [3.05, 3.63) is 59.7 Å². The predicted molar refractivity (Wildman–Crippen MR) is 126 cm³/mol. The predicted octanol–water partition coefficient (Wildman–Crippen LogP) is 3.65. The number of anilines is 2. The first kappa shape index (κ1) is 21.7. The van der Waals surface area contributed by atoms with Gasteiger partial charge in [-0.15, -0.1) is 0 Å². The Bertz CT molecular complexity index is 887. The number of nitrogens with one attached hydrogen (secondary N) is 1. The number of urea groups is 1. The van der Waals surface area contributed by atoms with E-state index in [1.165, 1.54) is 17.7 Å². The summed E-state index contributed by atoms with van der Waals surface area (Å²) >= 11 is 0. The Morgan fingerprint density at radius 3 is 2.26 bits per heavy atom. The summed E-state index contributed by atoms with van der Waals surface area (Å²) < 4.78 is 0. The molecule has 2 aromatic carbocycles. The molecule has 1 atom stereocenters. The molecule has 0 saturated carbocycles. The fourth-order valence-electron chi connectivity index (χ4n) is 4.59. The summed E-state index contributed by atoms with van der Waals surface area (Å²) in [5, 5.41) is 14.1. The molecule has 2 fully saturated rings. The maximum Gasteiger partial charge on any atom is 0.321 e. The standard InChI is InChI=1S/C25H34N4O2/c1-19-4-6-20(7-5-19)25(31)13-16-28(17-14-25)24(30)26-21-8-10-22(11-9-21)29-15-12-23(18-29)27(2)3/h4-11,23,31H,12-18H2,1-3H3,(H,26,30). The van der Waals surface area contributed by atoms with Crippen LogP contribution >= 0.6 is 0 Å². The number of hydrogen-bond donors (Lipinski definition) is 2. The van der Waals surface area contributed by atoms with Crippen molar-refractivity contribution in [2.45, 2.75) is 37.8 Å². The van der Waals surface area contributed by atoms with E-state index in [0.717, 1.165) is 24.3 Å². The van der Waals surface area contributed by atoms with Crippen LogP contribution in [-0.4, -0.2) is 67.3 Å². The van der Waals surface area contributed by atoms with Gasteiger partial charge in [-0.05, 0) is 70.1 Å². The van der Waals surface area contributed by atoms with Crippen LogP contribution in [0.25, 0.3) is 0 Å². The first-order valence-electron chi connectivity index (χ1n) is 11.2. The van der Waals surface area contributed by atoms with Crippen LogP contribution in [0.4, 0.5) is 16.2 Å². The molecular weight excluding hydrogens is 388 g/mol. The van der Waals surface area contributed by atoms with Gasteiger partial charge in [0.15, 0.2) is 0 Å². The van der Waals surface area contributed by atoms with Crippen LogP contribution in [0.15, 0.2) is 48.5 Å². The zero-order valence-electron chi connectivity index (χ0n) is 18.8. The number of carbonyl (C=O) groups excluding carboxylic acids is 1. The highest BCUT2D eigenvalue weighted by molar-refractivity contribution is 5.89. The summed E-state index contributed by atoms with van der Waals surface area (Å²) in [6.45, 7) is 5.21. The van der Waals surface area contributed by atoms with Crippen LogP contribution in [-0.2, 0) is 5.60 Å². The van der Waals surface area contributed by atoms with Crippen molar-refractivity contribution < 1.29 is 9.90 Å². The Labute approximate surface area is 185 Å². The summed E-state index contributed by atoms with van der Waals surface area (Å²) in [7, 11) is 4.27. The number of aliphatic hydroxyl groups is 1. The molecule has 2 aliphatic heterocycles. The van der Waals surface area contributed by atoms with Crippen molar-refractivity contribution in [1.29, 1.82) is 0 Å². The maximum absolute atomic E-state index is 12.7. The third-order valence-corrected chi connectivity index (χ3v) is 6.84. The molecule has 0 aliphatic carbocycles. The number of piperidine rings is 1. The first-order chi connectivity index (χ1) is 14.8. The Balaban J connectivity index is 1.30. The second-order valence-corrected chi connectivity index (χ2v) is 9.21. The molecule has 0 spiro atoms. The Kier molecular flexibility index (Phi) is 6.21. The van der Waals surface area contributed by atoms with Gasteiger partial charge >= 0.3 is 6.03 Å². The number of likely N-dealkylation sites (tertiary alicyclic amines) is 1. The molecule has 2 heterocycles. The van der Waals surface area contributed by atoms with Gasteiger partial charge in [0, 0.05) is 43.6 Å². The van der Waals surface area contributed by atoms with Gasteiger partial charge in [-0.25, -0.2) is 4.79 Å². The van der Waals surface area contributed by atoms with Crippen LogP contribution in [0.2, 0.25) is 0 Å². The fourth-order valence-corrected chi connectivity index (χ4v) is 4.59. The zero-order valence-corrected chi connectivity index (χ0v) is 18.8. The number of likely N-dealkylation sites (N-methyl/N-ethyl adjacent to an activating group) is 1. The highest BCUT2D eigenvalue weighted by Crippen LogP contribution is 2.33. The molecule has 2 aliphatic rings. The lowest BCUT2D eigenvalue weighted by Gasteiger charge is -2.38. The molecule has 2 amide bonds. The molecule has 6 heteroatoms. The minimum atomic E-state index is -0.855. The van der Waals surface area contributed by atoms with Crippen molar-refractivity contribution in [2.24, 2.45) is 0 Å². The molecule has 2 N–H and O–H groups in total. The number of hydrogen-bond acceptors (Lipinski definition) is 4. The highest BCUT2D eigenvalue weighted by atomic mass is 16.3. The summed E-state index contributed by atoms with van der Waals surface area (Å²) in [6, 6.07) is 16.6. The average molecular weight is 423 g/mol. The van der Waals surface area contributed by atoms with E-state index in [-0.39, 0.29) is 6.03 Å². The summed E-state index contributed by atoms with van der Waals surface area (Å²) in [6.07, 6.45) is 2.27. The van der Waals surface area contributed by atoms with E-state index in [1.807, 2.05) is 43.3 Å². The second-order valence-electron chi connectivity index (χ2n) is 9.21. The Morgan fingerprint density at radius 1 is 1.03 bits per heavy atom. The lowest BCUT2D eigenvalue weighted by molar-refractivity contribution is -0.0157. The van der Waals surface area contributed by atoms with Crippen molar-refractivity contribution in [2.75, 3.05) is 50.5 Å². The topological polar surface area (TPSA) is 59.1 Å². The molecule has 31 heavy (non-hydrogen) atoms. The summed E-state index contributed by atoms with van der Waals surface area (Å²) in [5.74, 6) is 0. The largest absolute Gasteiger partial charge is 0.385 e. The molecule has 0 bridgehead atoms. The lowest BCUT2D eigenvalue weighted by atomic mass is 9.84. The molecule has 1 unspecified atom stereocenters. The van der Waals surface area contributed by atoms with Gasteiger partial charge < -0.3 is 25.1 Å². The van der Waals surface area contributed by atoms with Gasteiger partial charge in [0.05, 0.1) is 5.60 Å². The summed E-state index contributed by atoms with van der Waals surface area (Å²) in [4.78, 5) is 19.2. The Hall–Kier alpha value is -2.57. The molecule has 4 rings (SSSR count). The number of nitrogens with zero attached hydrogens (tertiary/aromatic N) is 3. The van der Waals surface area contributed by atoms with Crippen LogP contribution in [0.1, 0.15) is 30.4 Å². The average Bonchev–Trinajstić information content (AvgIpc) is 3.26. The van der Waals surface area contributed by atoms with E-state index in [2.05, 4.69) is 41.3 Å². The molecule has 0 aromatic heterocycles. The third kappa shape index (κ3) is 4.86. The first-order valence-corrected chi connectivity index (χ1v) is 11.2. The van der Waals surface area contributed by atoms with Crippen molar-refractivity contribution in [1.82, 2.24) is 9.80 Å². The third-order valence-electron chi connectivity index (χ3n) is 6.84. The minimum Gasteiger partial charge on any atom is -0.385 e. The molecule has 166 valence electrons. The number of amides is 2. The van der Waals surface area contributed by atoms with Crippen molar-refractivity contribution in [3.63, 3.8) is 0 Å². The monoisotopic (exact) mass is 422 g/mol. The van der Waals surface area contributed by atoms with E-state index in [4.69, 9.17) is 0 Å². The minimum absolute atomic E-state index is 0.104. The molecular formula is C25H34N4O2. The quantitative estimate of drug-likeness (QED) is 0.790. The van der Waals surface area contributed by atoms with Crippen LogP contribution < -0.4 is 10.2 Å². The van der Waals surface area contributed by atoms with E-state index in [0.29, 0.717) is 32.0 Å². The smallest absolute Gasteiger partial charge is 0.321 e.